The van der Waals surface area contributed by atoms with E-state index >= 15 is 0 Å². The van der Waals surface area contributed by atoms with Crippen molar-refractivity contribution in [2.45, 2.75) is 6.54 Å². The van der Waals surface area contributed by atoms with Crippen LogP contribution < -0.4 is 15.4 Å². The van der Waals surface area contributed by atoms with E-state index in [4.69, 9.17) is 11.6 Å². The Bertz CT molecular complexity index is 1280. The second-order valence-electron chi connectivity index (χ2n) is 6.62. The molecule has 0 unspecified atom stereocenters. The zero-order chi connectivity index (χ0) is 23.5. The van der Waals surface area contributed by atoms with Gasteiger partial charge in [-0.2, -0.15) is 5.10 Å². The topological polar surface area (TPSA) is 133 Å². The highest BCUT2D eigenvalue weighted by molar-refractivity contribution is 7.92. The molecule has 3 aromatic rings. The van der Waals surface area contributed by atoms with Crippen molar-refractivity contribution in [1.29, 1.82) is 0 Å². The van der Waals surface area contributed by atoms with Crippen LogP contribution in [0, 0.1) is 11.6 Å². The summed E-state index contributed by atoms with van der Waals surface area (Å²) in [6.45, 7) is 0.136. The first-order valence-corrected chi connectivity index (χ1v) is 11.1. The molecule has 0 spiro atoms. The molecule has 2 aromatic carbocycles. The molecular formula is C19H16ClF2N5O4S. The standard InChI is InChI=1S/C19H16ClF2N5O4S/c1-32(30,31)27-11-4-2-10(3-5-11)9-23-19(29)16-8-17(26-25-16)24-18(28)12-6-14(21)15(22)7-13(12)20/h2-8,27H,9H2,1H3,(H,23,29)(H2,24,25,26,28). The number of H-pyrrole nitrogens is 1. The van der Waals surface area contributed by atoms with E-state index in [0.717, 1.165) is 6.26 Å². The SMILES string of the molecule is CS(=O)(=O)Nc1ccc(CNC(=O)c2cc(NC(=O)c3cc(F)c(F)cc3Cl)[nH]n2)cc1. The minimum Gasteiger partial charge on any atom is -0.347 e. The Labute approximate surface area is 186 Å². The first-order valence-electron chi connectivity index (χ1n) is 8.88. The third kappa shape index (κ3) is 6.02. The van der Waals surface area contributed by atoms with Gasteiger partial charge in [0.05, 0.1) is 16.8 Å². The van der Waals surface area contributed by atoms with Crippen LogP contribution in [0.5, 0.6) is 0 Å². The molecule has 0 aliphatic heterocycles. The third-order valence-electron chi connectivity index (χ3n) is 4.02. The summed E-state index contributed by atoms with van der Waals surface area (Å²) in [5.41, 5.74) is 0.762. The van der Waals surface area contributed by atoms with Crippen LogP contribution in [0.1, 0.15) is 26.4 Å². The summed E-state index contributed by atoms with van der Waals surface area (Å²) in [6, 6.07) is 8.96. The fourth-order valence-corrected chi connectivity index (χ4v) is 3.37. The van der Waals surface area contributed by atoms with Crippen molar-refractivity contribution in [2.24, 2.45) is 0 Å². The van der Waals surface area contributed by atoms with E-state index in [9.17, 15) is 26.8 Å². The average Bonchev–Trinajstić information content (AvgIpc) is 3.17. The molecule has 0 atom stereocenters. The van der Waals surface area contributed by atoms with Crippen LogP contribution in [-0.4, -0.2) is 36.7 Å². The van der Waals surface area contributed by atoms with Gasteiger partial charge in [-0.15, -0.1) is 0 Å². The molecule has 2 amide bonds. The summed E-state index contributed by atoms with van der Waals surface area (Å²) in [5.74, 6) is -3.76. The molecule has 1 aromatic heterocycles. The van der Waals surface area contributed by atoms with E-state index in [1.807, 2.05) is 0 Å². The van der Waals surface area contributed by atoms with E-state index in [-0.39, 0.29) is 28.6 Å². The van der Waals surface area contributed by atoms with Gasteiger partial charge in [-0.1, -0.05) is 23.7 Å². The number of aromatic nitrogens is 2. The first-order chi connectivity index (χ1) is 15.0. The Kier molecular flexibility index (Phi) is 6.75. The number of nitrogens with zero attached hydrogens (tertiary/aromatic N) is 1. The highest BCUT2D eigenvalue weighted by Crippen LogP contribution is 2.21. The molecule has 13 heteroatoms. The second-order valence-corrected chi connectivity index (χ2v) is 8.78. The highest BCUT2D eigenvalue weighted by atomic mass is 35.5. The monoisotopic (exact) mass is 483 g/mol. The highest BCUT2D eigenvalue weighted by Gasteiger charge is 2.17. The molecule has 0 aliphatic rings. The normalized spacial score (nSPS) is 11.1. The molecule has 1 heterocycles. The zero-order valence-corrected chi connectivity index (χ0v) is 17.9. The summed E-state index contributed by atoms with van der Waals surface area (Å²) in [5, 5.41) is 10.9. The molecule has 0 saturated carbocycles. The number of rotatable bonds is 7. The van der Waals surface area contributed by atoms with Crippen molar-refractivity contribution < 1.29 is 26.8 Å². The number of halogens is 3. The second kappa shape index (κ2) is 9.32. The van der Waals surface area contributed by atoms with Gasteiger partial charge >= 0.3 is 0 Å². The van der Waals surface area contributed by atoms with Crippen LogP contribution in [0.4, 0.5) is 20.3 Å². The van der Waals surface area contributed by atoms with Gasteiger partial charge in [0.2, 0.25) is 10.0 Å². The summed E-state index contributed by atoms with van der Waals surface area (Å²) >= 11 is 5.77. The number of amides is 2. The summed E-state index contributed by atoms with van der Waals surface area (Å²) < 4.78 is 51.3. The lowest BCUT2D eigenvalue weighted by atomic mass is 10.2. The Morgan fingerprint density at radius 1 is 1.06 bits per heavy atom. The smallest absolute Gasteiger partial charge is 0.272 e. The molecule has 0 radical (unpaired) electrons. The van der Waals surface area contributed by atoms with Gasteiger partial charge in [0.25, 0.3) is 11.8 Å². The molecule has 168 valence electrons. The molecule has 0 bridgehead atoms. The van der Waals surface area contributed by atoms with E-state index in [1.54, 1.807) is 24.3 Å². The Hall–Kier alpha value is -3.51. The number of aromatic amines is 1. The van der Waals surface area contributed by atoms with Gasteiger partial charge in [0.1, 0.15) is 5.82 Å². The van der Waals surface area contributed by atoms with Crippen LogP contribution in [-0.2, 0) is 16.6 Å². The quantitative estimate of drug-likeness (QED) is 0.383. The van der Waals surface area contributed by atoms with E-state index < -0.39 is 33.5 Å². The van der Waals surface area contributed by atoms with Gasteiger partial charge in [-0.05, 0) is 29.8 Å². The van der Waals surface area contributed by atoms with Crippen LogP contribution >= 0.6 is 11.6 Å². The summed E-state index contributed by atoms with van der Waals surface area (Å²) in [6.07, 6.45) is 1.04. The lowest BCUT2D eigenvalue weighted by Gasteiger charge is -2.06. The van der Waals surface area contributed by atoms with Crippen LogP contribution in [0.2, 0.25) is 5.02 Å². The summed E-state index contributed by atoms with van der Waals surface area (Å²) in [4.78, 5) is 24.5. The van der Waals surface area contributed by atoms with Crippen molar-refractivity contribution in [2.75, 3.05) is 16.3 Å². The first kappa shape index (κ1) is 23.2. The number of hydrogen-bond acceptors (Lipinski definition) is 5. The van der Waals surface area contributed by atoms with Crippen molar-refractivity contribution in [3.8, 4) is 0 Å². The number of sulfonamides is 1. The molecule has 0 aliphatic carbocycles. The average molecular weight is 484 g/mol. The predicted molar refractivity (Wildman–Crippen MR) is 114 cm³/mol. The largest absolute Gasteiger partial charge is 0.347 e. The molecule has 9 nitrogen and oxygen atoms in total. The van der Waals surface area contributed by atoms with Crippen LogP contribution in [0.25, 0.3) is 0 Å². The number of nitrogens with one attached hydrogen (secondary N) is 4. The Balaban J connectivity index is 1.59. The fourth-order valence-electron chi connectivity index (χ4n) is 2.57. The lowest BCUT2D eigenvalue weighted by molar-refractivity contribution is 0.0945. The molecular weight excluding hydrogens is 468 g/mol. The number of hydrogen-bond donors (Lipinski definition) is 4. The van der Waals surface area contributed by atoms with E-state index in [1.165, 1.54) is 6.07 Å². The van der Waals surface area contributed by atoms with Crippen molar-refractivity contribution >= 4 is 44.9 Å². The minimum absolute atomic E-state index is 0.0351. The predicted octanol–water partition coefficient (Wildman–Crippen LogP) is 2.90. The molecule has 3 rings (SSSR count). The number of carbonyl (C=O) groups is 2. The van der Waals surface area contributed by atoms with Crippen molar-refractivity contribution in [3.05, 3.63) is 75.9 Å². The maximum Gasteiger partial charge on any atom is 0.272 e. The number of benzene rings is 2. The van der Waals surface area contributed by atoms with E-state index in [2.05, 4.69) is 25.6 Å². The Morgan fingerprint density at radius 3 is 2.38 bits per heavy atom. The van der Waals surface area contributed by atoms with Crippen LogP contribution in [0.3, 0.4) is 0 Å². The van der Waals surface area contributed by atoms with Gasteiger partial charge in [-0.25, -0.2) is 17.2 Å². The molecule has 32 heavy (non-hydrogen) atoms. The molecule has 0 fully saturated rings. The number of carbonyl (C=O) groups excluding carboxylic acids is 2. The molecule has 4 N–H and O–H groups in total. The van der Waals surface area contributed by atoms with E-state index in [0.29, 0.717) is 23.4 Å². The maximum absolute atomic E-state index is 13.4. The Morgan fingerprint density at radius 2 is 1.72 bits per heavy atom. The zero-order valence-electron chi connectivity index (χ0n) is 16.4. The van der Waals surface area contributed by atoms with Gasteiger partial charge in [-0.3, -0.25) is 19.4 Å². The lowest BCUT2D eigenvalue weighted by Crippen LogP contribution is -2.23. The minimum atomic E-state index is -3.39. The number of anilines is 2. The van der Waals surface area contributed by atoms with Crippen LogP contribution in [0.15, 0.2) is 42.5 Å². The van der Waals surface area contributed by atoms with Gasteiger partial charge in [0.15, 0.2) is 17.3 Å². The fraction of sp³-hybridized carbons (Fsp3) is 0.105. The van der Waals surface area contributed by atoms with Gasteiger partial charge < -0.3 is 10.6 Å². The van der Waals surface area contributed by atoms with Gasteiger partial charge in [0, 0.05) is 18.3 Å². The maximum atomic E-state index is 13.4. The van der Waals surface area contributed by atoms with Crippen molar-refractivity contribution in [1.82, 2.24) is 15.5 Å². The van der Waals surface area contributed by atoms with Crippen molar-refractivity contribution in [3.63, 3.8) is 0 Å². The summed E-state index contributed by atoms with van der Waals surface area (Å²) in [7, 11) is -3.39. The molecule has 0 saturated heterocycles. The third-order valence-corrected chi connectivity index (χ3v) is 4.94.